The van der Waals surface area contributed by atoms with Crippen LogP contribution in [-0.2, 0) is 0 Å². The number of benzene rings is 1. The Bertz CT molecular complexity index is 992. The molecule has 102 valence electrons. The van der Waals surface area contributed by atoms with Crippen LogP contribution in [0.25, 0.3) is 22.1 Å². The lowest BCUT2D eigenvalue weighted by Crippen LogP contribution is -2.14. The van der Waals surface area contributed by atoms with Crippen LogP contribution in [0.4, 0.5) is 0 Å². The number of nitriles is 1. The zero-order valence-corrected chi connectivity index (χ0v) is 11.2. The summed E-state index contributed by atoms with van der Waals surface area (Å²) in [5, 5.41) is 17.5. The molecule has 0 bridgehead atoms. The quantitative estimate of drug-likeness (QED) is 0.715. The first kappa shape index (κ1) is 12.9. The predicted octanol–water partition coefficient (Wildman–Crippen LogP) is 2.45. The first-order valence-corrected chi connectivity index (χ1v) is 6.32. The van der Waals surface area contributed by atoms with E-state index in [9.17, 15) is 10.1 Å². The van der Waals surface area contributed by atoms with Gasteiger partial charge < -0.3 is 9.40 Å². The molecule has 3 rings (SSSR count). The van der Waals surface area contributed by atoms with Crippen LogP contribution in [0.2, 0.25) is 0 Å². The van der Waals surface area contributed by atoms with Crippen LogP contribution < -0.4 is 11.1 Å². The van der Waals surface area contributed by atoms with E-state index in [0.717, 1.165) is 0 Å². The number of rotatable bonds is 1. The lowest BCUT2D eigenvalue weighted by molar-refractivity contribution is 0.530. The highest BCUT2D eigenvalue weighted by Gasteiger charge is 2.17. The van der Waals surface area contributed by atoms with Crippen LogP contribution in [0.3, 0.4) is 0 Å². The number of pyridine rings is 1. The van der Waals surface area contributed by atoms with E-state index in [4.69, 9.17) is 9.83 Å². The van der Waals surface area contributed by atoms with Crippen LogP contribution in [0.15, 0.2) is 45.6 Å². The molecule has 0 fully saturated rings. The van der Waals surface area contributed by atoms with Crippen LogP contribution in [-0.4, -0.2) is 4.98 Å². The molecule has 0 unspecified atom stereocenters. The van der Waals surface area contributed by atoms with Crippen molar-refractivity contribution >= 4 is 11.0 Å². The number of aromatic nitrogens is 1. The number of nitrogens with one attached hydrogen (secondary N) is 2. The van der Waals surface area contributed by atoms with E-state index in [1.54, 1.807) is 25.1 Å². The highest BCUT2D eigenvalue weighted by molar-refractivity contribution is 5.95. The van der Waals surface area contributed by atoms with E-state index in [2.05, 4.69) is 4.98 Å². The van der Waals surface area contributed by atoms with Gasteiger partial charge in [-0.15, -0.1) is 0 Å². The Morgan fingerprint density at radius 2 is 2.00 bits per heavy atom. The molecule has 0 spiro atoms. The lowest BCUT2D eigenvalue weighted by Gasteiger charge is -2.08. The van der Waals surface area contributed by atoms with Crippen molar-refractivity contribution in [2.75, 3.05) is 0 Å². The summed E-state index contributed by atoms with van der Waals surface area (Å²) in [6.07, 6.45) is 0. The molecule has 0 radical (unpaired) electrons. The second-order valence-electron chi connectivity index (χ2n) is 4.68. The molecule has 0 aliphatic carbocycles. The van der Waals surface area contributed by atoms with Crippen LogP contribution in [0.5, 0.6) is 0 Å². The highest BCUT2D eigenvalue weighted by Crippen LogP contribution is 2.27. The van der Waals surface area contributed by atoms with Gasteiger partial charge in [0.15, 0.2) is 0 Å². The van der Waals surface area contributed by atoms with Crippen molar-refractivity contribution in [3.63, 3.8) is 0 Å². The van der Waals surface area contributed by atoms with Gasteiger partial charge in [-0.1, -0.05) is 30.3 Å². The average Bonchev–Trinajstić information content (AvgIpc) is 2.46. The Kier molecular flexibility index (Phi) is 2.92. The monoisotopic (exact) mass is 277 g/mol. The zero-order valence-electron chi connectivity index (χ0n) is 11.2. The maximum Gasteiger partial charge on any atom is 0.259 e. The normalized spacial score (nSPS) is 10.5. The van der Waals surface area contributed by atoms with Crippen molar-refractivity contribution in [1.29, 1.82) is 10.7 Å². The Hall–Kier alpha value is -3.13. The van der Waals surface area contributed by atoms with Gasteiger partial charge in [0, 0.05) is 17.3 Å². The molecule has 5 heteroatoms. The van der Waals surface area contributed by atoms with E-state index in [1.165, 1.54) is 0 Å². The fourth-order valence-corrected chi connectivity index (χ4v) is 2.38. The topological polar surface area (TPSA) is 93.6 Å². The largest absolute Gasteiger partial charge is 0.437 e. The summed E-state index contributed by atoms with van der Waals surface area (Å²) < 4.78 is 5.33. The van der Waals surface area contributed by atoms with Gasteiger partial charge in [-0.2, -0.15) is 5.26 Å². The molecule has 0 aliphatic rings. The number of hydrogen-bond donors (Lipinski definition) is 2. The second-order valence-corrected chi connectivity index (χ2v) is 4.68. The Morgan fingerprint density at radius 1 is 1.29 bits per heavy atom. The van der Waals surface area contributed by atoms with Crippen molar-refractivity contribution in [3.05, 3.63) is 63.6 Å². The summed E-state index contributed by atoms with van der Waals surface area (Å²) in [5.41, 5.74) is 1.57. The summed E-state index contributed by atoms with van der Waals surface area (Å²) in [7, 11) is 0. The molecule has 0 saturated heterocycles. The molecule has 0 aliphatic heterocycles. The first-order valence-electron chi connectivity index (χ1n) is 6.32. The molecule has 21 heavy (non-hydrogen) atoms. The number of nitrogens with zero attached hydrogens (tertiary/aromatic N) is 1. The predicted molar refractivity (Wildman–Crippen MR) is 77.6 cm³/mol. The number of hydrogen-bond acceptors (Lipinski definition) is 4. The Labute approximate surface area is 119 Å². The zero-order chi connectivity index (χ0) is 15.0. The smallest absolute Gasteiger partial charge is 0.259 e. The van der Waals surface area contributed by atoms with Crippen molar-refractivity contribution in [2.24, 2.45) is 0 Å². The molecule has 0 saturated carbocycles. The summed E-state index contributed by atoms with van der Waals surface area (Å²) in [6, 6.07) is 12.7. The van der Waals surface area contributed by atoms with E-state index < -0.39 is 0 Å². The van der Waals surface area contributed by atoms with Gasteiger partial charge in [0.05, 0.1) is 5.39 Å². The maximum absolute atomic E-state index is 12.3. The van der Waals surface area contributed by atoms with Gasteiger partial charge in [-0.05, 0) is 12.5 Å². The fourth-order valence-electron chi connectivity index (χ4n) is 2.38. The van der Waals surface area contributed by atoms with Gasteiger partial charge in [0.25, 0.3) is 5.56 Å². The average molecular weight is 277 g/mol. The van der Waals surface area contributed by atoms with Crippen molar-refractivity contribution in [2.45, 2.75) is 6.92 Å². The van der Waals surface area contributed by atoms with Gasteiger partial charge in [-0.3, -0.25) is 10.2 Å². The molecule has 2 aromatic heterocycles. The Morgan fingerprint density at radius 3 is 2.67 bits per heavy atom. The molecule has 3 aromatic rings. The van der Waals surface area contributed by atoms with E-state index >= 15 is 0 Å². The number of fused-ring (bicyclic) bond motifs is 1. The molecule has 0 amide bonds. The van der Waals surface area contributed by atoms with Crippen LogP contribution in [0.1, 0.15) is 11.3 Å². The molecule has 0 atom stereocenters. The van der Waals surface area contributed by atoms with Crippen molar-refractivity contribution in [3.8, 4) is 17.2 Å². The minimum Gasteiger partial charge on any atom is -0.437 e. The highest BCUT2D eigenvalue weighted by atomic mass is 16.3. The first-order chi connectivity index (χ1) is 10.1. The van der Waals surface area contributed by atoms with Crippen molar-refractivity contribution in [1.82, 2.24) is 4.98 Å². The summed E-state index contributed by atoms with van der Waals surface area (Å²) >= 11 is 0. The van der Waals surface area contributed by atoms with Gasteiger partial charge >= 0.3 is 0 Å². The minimum absolute atomic E-state index is 0.0584. The van der Waals surface area contributed by atoms with Gasteiger partial charge in [-0.25, -0.2) is 0 Å². The molecule has 5 nitrogen and oxygen atoms in total. The summed E-state index contributed by atoms with van der Waals surface area (Å²) in [5.74, 6) is 0. The SMILES string of the molecule is Cc1cc2oc(=N)c(C#N)c(-c3ccccc3)c2c(=O)[nH]1. The Balaban J connectivity index is 2.61. The summed E-state index contributed by atoms with van der Waals surface area (Å²) in [4.78, 5) is 15.0. The fraction of sp³-hybridized carbons (Fsp3) is 0.0625. The second kappa shape index (κ2) is 4.76. The van der Waals surface area contributed by atoms with Crippen molar-refractivity contribution < 1.29 is 4.42 Å². The molecular formula is C16H11N3O2. The van der Waals surface area contributed by atoms with E-state index in [-0.39, 0.29) is 16.7 Å². The molecular weight excluding hydrogens is 266 g/mol. The third-order valence-corrected chi connectivity index (χ3v) is 3.25. The third kappa shape index (κ3) is 2.03. The number of H-pyrrole nitrogens is 1. The minimum atomic E-state index is -0.330. The van der Waals surface area contributed by atoms with Gasteiger partial charge in [0.1, 0.15) is 17.2 Å². The standard InChI is InChI=1S/C16H11N3O2/c1-9-7-12-14(16(20)19-9)13(10-5-3-2-4-6-10)11(8-17)15(18)21-12/h2-7,18H,1H3,(H,19,20). The number of aromatic amines is 1. The van der Waals surface area contributed by atoms with Gasteiger partial charge in [0.2, 0.25) is 5.55 Å². The third-order valence-electron chi connectivity index (χ3n) is 3.25. The van der Waals surface area contributed by atoms with E-state index in [0.29, 0.717) is 27.8 Å². The van der Waals surface area contributed by atoms with Crippen LogP contribution >= 0.6 is 0 Å². The van der Waals surface area contributed by atoms with Crippen LogP contribution in [0, 0.1) is 23.7 Å². The maximum atomic E-state index is 12.3. The number of aryl methyl sites for hydroxylation is 1. The lowest BCUT2D eigenvalue weighted by atomic mass is 9.98. The molecule has 2 N–H and O–H groups in total. The summed E-state index contributed by atoms with van der Waals surface area (Å²) in [6.45, 7) is 1.74. The molecule has 2 heterocycles. The molecule has 1 aromatic carbocycles. The van der Waals surface area contributed by atoms with E-state index in [1.807, 2.05) is 24.3 Å².